The minimum Gasteiger partial charge on any atom is -0.497 e. The van der Waals surface area contributed by atoms with Gasteiger partial charge in [0.2, 0.25) is 0 Å². The third-order valence-corrected chi connectivity index (χ3v) is 3.41. The van der Waals surface area contributed by atoms with Crippen molar-refractivity contribution in [2.24, 2.45) is 0 Å². The van der Waals surface area contributed by atoms with E-state index in [4.69, 9.17) is 14.2 Å². The van der Waals surface area contributed by atoms with E-state index in [1.54, 1.807) is 20.1 Å². The lowest BCUT2D eigenvalue weighted by molar-refractivity contribution is -0.127. The molecule has 0 saturated carbocycles. The topological polar surface area (TPSA) is 56.8 Å². The Morgan fingerprint density at radius 3 is 2.50 bits per heavy atom. The van der Waals surface area contributed by atoms with Crippen molar-refractivity contribution in [2.45, 2.75) is 20.0 Å². The molecule has 0 aliphatic heterocycles. The van der Waals surface area contributed by atoms with Gasteiger partial charge in [-0.2, -0.15) is 0 Å². The van der Waals surface area contributed by atoms with Gasteiger partial charge in [-0.15, -0.1) is 0 Å². The number of carbonyl (C=O) groups excluding carboxylic acids is 1. The van der Waals surface area contributed by atoms with Crippen molar-refractivity contribution in [1.29, 1.82) is 0 Å². The lowest BCUT2D eigenvalue weighted by atomic mass is 10.2. The van der Waals surface area contributed by atoms with Gasteiger partial charge in [-0.05, 0) is 38.1 Å². The fourth-order valence-corrected chi connectivity index (χ4v) is 2.05. The van der Waals surface area contributed by atoms with E-state index in [0.29, 0.717) is 24.7 Å². The van der Waals surface area contributed by atoms with Gasteiger partial charge < -0.3 is 19.5 Å². The molecule has 0 saturated heterocycles. The van der Waals surface area contributed by atoms with Crippen LogP contribution in [0.3, 0.4) is 0 Å². The van der Waals surface area contributed by atoms with Crippen LogP contribution in [0, 0.1) is 6.92 Å². The Morgan fingerprint density at radius 1 is 1.08 bits per heavy atom. The van der Waals surface area contributed by atoms with Gasteiger partial charge in [0.1, 0.15) is 23.9 Å². The average Bonchev–Trinajstić information content (AvgIpc) is 2.60. The summed E-state index contributed by atoms with van der Waals surface area (Å²) in [4.78, 5) is 12.0. The summed E-state index contributed by atoms with van der Waals surface area (Å²) < 4.78 is 16.3. The number of rotatable bonds is 8. The first kappa shape index (κ1) is 17.7. The smallest absolute Gasteiger partial charge is 0.260 e. The van der Waals surface area contributed by atoms with E-state index < -0.39 is 6.10 Å². The first-order valence-corrected chi connectivity index (χ1v) is 7.86. The number of methoxy groups -OCH3 is 1. The lowest BCUT2D eigenvalue weighted by Crippen LogP contribution is -2.38. The number of nitrogens with one attached hydrogen (secondary N) is 1. The summed E-state index contributed by atoms with van der Waals surface area (Å²) in [5.74, 6) is 1.94. The van der Waals surface area contributed by atoms with Crippen LogP contribution < -0.4 is 19.5 Å². The molecule has 5 nitrogen and oxygen atoms in total. The van der Waals surface area contributed by atoms with Crippen LogP contribution in [-0.2, 0) is 4.79 Å². The maximum atomic E-state index is 12.0. The zero-order valence-electron chi connectivity index (χ0n) is 14.2. The molecule has 2 aromatic carbocycles. The summed E-state index contributed by atoms with van der Waals surface area (Å²) in [5.41, 5.74) is 1.15. The van der Waals surface area contributed by atoms with E-state index in [9.17, 15) is 4.79 Å². The molecular weight excluding hydrogens is 306 g/mol. The Labute approximate surface area is 142 Å². The lowest BCUT2D eigenvalue weighted by Gasteiger charge is -2.15. The largest absolute Gasteiger partial charge is 0.497 e. The van der Waals surface area contributed by atoms with Gasteiger partial charge in [-0.3, -0.25) is 4.79 Å². The molecule has 1 amide bonds. The number of carbonyl (C=O) groups is 1. The van der Waals surface area contributed by atoms with Crippen LogP contribution in [0.1, 0.15) is 12.5 Å². The molecule has 1 N–H and O–H groups in total. The van der Waals surface area contributed by atoms with Gasteiger partial charge in [-0.25, -0.2) is 0 Å². The quantitative estimate of drug-likeness (QED) is 0.757. The van der Waals surface area contributed by atoms with Crippen molar-refractivity contribution in [3.05, 3.63) is 54.1 Å². The monoisotopic (exact) mass is 329 g/mol. The Balaban J connectivity index is 1.71. The maximum absolute atomic E-state index is 12.0. The highest BCUT2D eigenvalue weighted by molar-refractivity contribution is 5.80. The van der Waals surface area contributed by atoms with E-state index in [-0.39, 0.29) is 5.91 Å². The molecule has 1 atom stereocenters. The van der Waals surface area contributed by atoms with Crippen molar-refractivity contribution in [2.75, 3.05) is 20.3 Å². The molecule has 0 aliphatic rings. The van der Waals surface area contributed by atoms with Crippen molar-refractivity contribution >= 4 is 5.91 Å². The first-order chi connectivity index (χ1) is 11.6. The predicted molar refractivity (Wildman–Crippen MR) is 92.8 cm³/mol. The van der Waals surface area contributed by atoms with Crippen molar-refractivity contribution in [1.82, 2.24) is 5.32 Å². The van der Waals surface area contributed by atoms with Gasteiger partial charge in [0, 0.05) is 6.07 Å². The third-order valence-electron chi connectivity index (χ3n) is 3.41. The van der Waals surface area contributed by atoms with E-state index >= 15 is 0 Å². The van der Waals surface area contributed by atoms with Crippen molar-refractivity contribution in [3.63, 3.8) is 0 Å². The summed E-state index contributed by atoms with van der Waals surface area (Å²) in [6.07, 6.45) is -0.565. The average molecular weight is 329 g/mol. The second-order valence-corrected chi connectivity index (χ2v) is 5.39. The third kappa shape index (κ3) is 5.50. The van der Waals surface area contributed by atoms with Crippen LogP contribution in [0.25, 0.3) is 0 Å². The molecule has 5 heteroatoms. The normalized spacial score (nSPS) is 11.5. The van der Waals surface area contributed by atoms with Gasteiger partial charge in [-0.1, -0.05) is 23.8 Å². The highest BCUT2D eigenvalue weighted by atomic mass is 16.5. The van der Waals surface area contributed by atoms with Crippen molar-refractivity contribution < 1.29 is 19.0 Å². The SMILES string of the molecule is COc1cccc(OCCNC(=O)[C@@H](C)Oc2ccc(C)cc2)c1. The standard InChI is InChI=1S/C19H23NO4/c1-14-7-9-16(10-8-14)24-15(2)19(21)20-11-12-23-18-6-4-5-17(13-18)22-3/h4-10,13,15H,11-12H2,1-3H3,(H,20,21)/t15-/m1/s1. The number of hydrogen-bond donors (Lipinski definition) is 1. The highest BCUT2D eigenvalue weighted by Crippen LogP contribution is 2.18. The van der Waals surface area contributed by atoms with Crippen LogP contribution in [0.5, 0.6) is 17.2 Å². The Morgan fingerprint density at radius 2 is 1.79 bits per heavy atom. The molecule has 0 radical (unpaired) electrons. The van der Waals surface area contributed by atoms with Gasteiger partial charge in [0.25, 0.3) is 5.91 Å². The Hall–Kier alpha value is -2.69. The van der Waals surface area contributed by atoms with Gasteiger partial charge in [0.15, 0.2) is 6.10 Å². The zero-order valence-corrected chi connectivity index (χ0v) is 14.2. The Kier molecular flexibility index (Phi) is 6.49. The molecule has 0 aliphatic carbocycles. The minimum atomic E-state index is -0.565. The summed E-state index contributed by atoms with van der Waals surface area (Å²) in [6.45, 7) is 4.49. The summed E-state index contributed by atoms with van der Waals surface area (Å²) >= 11 is 0. The van der Waals surface area contributed by atoms with E-state index in [1.807, 2.05) is 49.4 Å². The van der Waals surface area contributed by atoms with Crippen molar-refractivity contribution in [3.8, 4) is 17.2 Å². The number of amides is 1. The second-order valence-electron chi connectivity index (χ2n) is 5.39. The molecule has 0 heterocycles. The first-order valence-electron chi connectivity index (χ1n) is 7.86. The number of aryl methyl sites for hydroxylation is 1. The molecule has 24 heavy (non-hydrogen) atoms. The number of benzene rings is 2. The minimum absolute atomic E-state index is 0.176. The van der Waals surface area contributed by atoms with E-state index in [2.05, 4.69) is 5.32 Å². The molecule has 128 valence electrons. The second kappa shape index (κ2) is 8.82. The molecule has 0 bridgehead atoms. The number of ether oxygens (including phenoxy) is 3. The molecule has 2 aromatic rings. The summed E-state index contributed by atoms with van der Waals surface area (Å²) in [6, 6.07) is 14.9. The molecule has 0 spiro atoms. The zero-order chi connectivity index (χ0) is 17.4. The van der Waals surface area contributed by atoms with E-state index in [1.165, 1.54) is 0 Å². The summed E-state index contributed by atoms with van der Waals surface area (Å²) in [5, 5.41) is 2.79. The van der Waals surface area contributed by atoms with Crippen LogP contribution in [0.15, 0.2) is 48.5 Å². The van der Waals surface area contributed by atoms with Crippen LogP contribution >= 0.6 is 0 Å². The fraction of sp³-hybridized carbons (Fsp3) is 0.316. The highest BCUT2D eigenvalue weighted by Gasteiger charge is 2.13. The fourth-order valence-electron chi connectivity index (χ4n) is 2.05. The number of hydrogen-bond acceptors (Lipinski definition) is 4. The molecular formula is C19H23NO4. The molecule has 0 fully saturated rings. The molecule has 0 aromatic heterocycles. The Bertz CT molecular complexity index is 655. The van der Waals surface area contributed by atoms with Gasteiger partial charge in [0.05, 0.1) is 13.7 Å². The maximum Gasteiger partial charge on any atom is 0.260 e. The van der Waals surface area contributed by atoms with E-state index in [0.717, 1.165) is 11.3 Å². The van der Waals surface area contributed by atoms with Crippen LogP contribution in [-0.4, -0.2) is 32.3 Å². The summed E-state index contributed by atoms with van der Waals surface area (Å²) in [7, 11) is 1.61. The predicted octanol–water partition coefficient (Wildman–Crippen LogP) is 2.97. The van der Waals surface area contributed by atoms with Crippen LogP contribution in [0.2, 0.25) is 0 Å². The molecule has 2 rings (SSSR count). The van der Waals surface area contributed by atoms with Gasteiger partial charge >= 0.3 is 0 Å². The van der Waals surface area contributed by atoms with Crippen LogP contribution in [0.4, 0.5) is 0 Å². The molecule has 0 unspecified atom stereocenters.